The van der Waals surface area contributed by atoms with E-state index in [-0.39, 0.29) is 6.61 Å². The van der Waals surface area contributed by atoms with Gasteiger partial charge in [-0.05, 0) is 47.5 Å². The maximum Gasteiger partial charge on any atom is 0.126 e. The summed E-state index contributed by atoms with van der Waals surface area (Å²) < 4.78 is 10.6. The third kappa shape index (κ3) is 3.86. The fourth-order valence-corrected chi connectivity index (χ4v) is 1.68. The zero-order valence-electron chi connectivity index (χ0n) is 10.7. The molecule has 0 aliphatic carbocycles. The zero-order valence-corrected chi connectivity index (χ0v) is 10.7. The number of para-hydroxylation sites is 1. The van der Waals surface area contributed by atoms with E-state index in [1.54, 1.807) is 19.4 Å². The molecular weight excluding hydrogens is 240 g/mol. The Balaban J connectivity index is 2.10. The fraction of sp³-hybridized carbons (Fsp3) is 0.125. The molecule has 98 valence electrons. The standard InChI is InChI=1S/C16H16O3/c1-18-16-10-13(9-14(11-16)12-17)7-8-19-15-5-3-2-4-6-15/h2-11,17H,12H2,1H3/b8-7+. The lowest BCUT2D eigenvalue weighted by Gasteiger charge is -2.05. The molecule has 0 saturated heterocycles. The molecule has 0 aliphatic rings. The van der Waals surface area contributed by atoms with Crippen molar-refractivity contribution in [1.29, 1.82) is 0 Å². The zero-order chi connectivity index (χ0) is 13.5. The van der Waals surface area contributed by atoms with Crippen LogP contribution in [-0.2, 0) is 6.61 Å². The second kappa shape index (κ2) is 6.61. The molecule has 0 unspecified atom stereocenters. The molecule has 0 spiro atoms. The van der Waals surface area contributed by atoms with Crippen LogP contribution in [0.1, 0.15) is 11.1 Å². The van der Waals surface area contributed by atoms with E-state index >= 15 is 0 Å². The normalized spacial score (nSPS) is 10.6. The van der Waals surface area contributed by atoms with Crippen LogP contribution >= 0.6 is 0 Å². The largest absolute Gasteiger partial charge is 0.497 e. The van der Waals surface area contributed by atoms with Crippen molar-refractivity contribution < 1.29 is 14.6 Å². The van der Waals surface area contributed by atoms with Crippen LogP contribution in [-0.4, -0.2) is 12.2 Å². The molecule has 0 amide bonds. The minimum absolute atomic E-state index is 0.0163. The van der Waals surface area contributed by atoms with E-state index in [0.717, 1.165) is 16.9 Å². The van der Waals surface area contributed by atoms with Crippen molar-refractivity contribution in [3.63, 3.8) is 0 Å². The van der Waals surface area contributed by atoms with Crippen molar-refractivity contribution in [3.05, 3.63) is 65.9 Å². The van der Waals surface area contributed by atoms with Gasteiger partial charge in [0.2, 0.25) is 0 Å². The number of hydrogen-bond donors (Lipinski definition) is 1. The molecule has 19 heavy (non-hydrogen) atoms. The Morgan fingerprint density at radius 3 is 2.53 bits per heavy atom. The van der Waals surface area contributed by atoms with E-state index in [2.05, 4.69) is 0 Å². The van der Waals surface area contributed by atoms with Crippen molar-refractivity contribution in [2.24, 2.45) is 0 Å². The van der Waals surface area contributed by atoms with Crippen LogP contribution < -0.4 is 9.47 Å². The molecule has 3 nitrogen and oxygen atoms in total. The fourth-order valence-electron chi connectivity index (χ4n) is 1.68. The maximum atomic E-state index is 9.17. The highest BCUT2D eigenvalue weighted by atomic mass is 16.5. The predicted molar refractivity (Wildman–Crippen MR) is 75.0 cm³/mol. The van der Waals surface area contributed by atoms with Crippen molar-refractivity contribution in [3.8, 4) is 11.5 Å². The molecule has 2 rings (SSSR count). The first-order chi connectivity index (χ1) is 9.31. The van der Waals surface area contributed by atoms with Crippen LogP contribution in [0.3, 0.4) is 0 Å². The van der Waals surface area contributed by atoms with E-state index in [4.69, 9.17) is 9.47 Å². The van der Waals surface area contributed by atoms with Crippen molar-refractivity contribution in [2.75, 3.05) is 7.11 Å². The Morgan fingerprint density at radius 2 is 1.84 bits per heavy atom. The highest BCUT2D eigenvalue weighted by molar-refractivity contribution is 5.53. The number of hydrogen-bond acceptors (Lipinski definition) is 3. The number of benzene rings is 2. The monoisotopic (exact) mass is 256 g/mol. The lowest BCUT2D eigenvalue weighted by molar-refractivity contribution is 0.281. The molecule has 1 N–H and O–H groups in total. The molecular formula is C16H16O3. The summed E-state index contributed by atoms with van der Waals surface area (Å²) in [5.74, 6) is 1.50. The molecule has 0 radical (unpaired) electrons. The molecule has 0 aliphatic heterocycles. The Labute approximate surface area is 112 Å². The minimum Gasteiger partial charge on any atom is -0.497 e. The third-order valence-electron chi connectivity index (χ3n) is 2.61. The van der Waals surface area contributed by atoms with Gasteiger partial charge in [0.15, 0.2) is 0 Å². The molecule has 0 aromatic heterocycles. The predicted octanol–water partition coefficient (Wildman–Crippen LogP) is 3.24. The molecule has 0 bridgehead atoms. The van der Waals surface area contributed by atoms with Gasteiger partial charge in [-0.15, -0.1) is 0 Å². The van der Waals surface area contributed by atoms with Crippen LogP contribution in [0.4, 0.5) is 0 Å². The quantitative estimate of drug-likeness (QED) is 0.835. The van der Waals surface area contributed by atoms with E-state index < -0.39 is 0 Å². The molecule has 0 atom stereocenters. The summed E-state index contributed by atoms with van der Waals surface area (Å²) in [4.78, 5) is 0. The number of methoxy groups -OCH3 is 1. The average Bonchev–Trinajstić information content (AvgIpc) is 2.48. The Morgan fingerprint density at radius 1 is 1.05 bits per heavy atom. The molecule has 2 aromatic carbocycles. The number of aliphatic hydroxyl groups excluding tert-OH is 1. The van der Waals surface area contributed by atoms with Gasteiger partial charge in [-0.25, -0.2) is 0 Å². The van der Waals surface area contributed by atoms with E-state index in [1.807, 2.05) is 48.5 Å². The summed E-state index contributed by atoms with van der Waals surface area (Å²) in [6.45, 7) is -0.0163. The van der Waals surface area contributed by atoms with Crippen molar-refractivity contribution in [1.82, 2.24) is 0 Å². The first-order valence-corrected chi connectivity index (χ1v) is 5.99. The molecule has 3 heteroatoms. The maximum absolute atomic E-state index is 9.17. The van der Waals surface area contributed by atoms with Gasteiger partial charge in [-0.3, -0.25) is 0 Å². The van der Waals surface area contributed by atoms with Gasteiger partial charge in [-0.2, -0.15) is 0 Å². The van der Waals surface area contributed by atoms with Gasteiger partial charge in [-0.1, -0.05) is 18.2 Å². The Kier molecular flexibility index (Phi) is 4.59. The molecule has 0 heterocycles. The highest BCUT2D eigenvalue weighted by Gasteiger charge is 1.98. The second-order valence-electron chi connectivity index (χ2n) is 4.01. The third-order valence-corrected chi connectivity index (χ3v) is 2.61. The lowest BCUT2D eigenvalue weighted by atomic mass is 10.1. The average molecular weight is 256 g/mol. The van der Waals surface area contributed by atoms with Crippen LogP contribution in [0.15, 0.2) is 54.8 Å². The highest BCUT2D eigenvalue weighted by Crippen LogP contribution is 2.18. The molecule has 0 fully saturated rings. The van der Waals surface area contributed by atoms with Crippen molar-refractivity contribution >= 4 is 6.08 Å². The van der Waals surface area contributed by atoms with Crippen LogP contribution in [0.5, 0.6) is 11.5 Å². The summed E-state index contributed by atoms with van der Waals surface area (Å²) in [6.07, 6.45) is 3.44. The van der Waals surface area contributed by atoms with Gasteiger partial charge in [0, 0.05) is 0 Å². The first-order valence-electron chi connectivity index (χ1n) is 5.99. The summed E-state index contributed by atoms with van der Waals surface area (Å²) in [6, 6.07) is 15.1. The Bertz CT molecular complexity index is 525. The molecule has 2 aromatic rings. The summed E-state index contributed by atoms with van der Waals surface area (Å²) in [7, 11) is 1.60. The number of rotatable bonds is 5. The number of ether oxygens (including phenoxy) is 2. The summed E-state index contributed by atoms with van der Waals surface area (Å²) in [5.41, 5.74) is 1.72. The summed E-state index contributed by atoms with van der Waals surface area (Å²) in [5, 5.41) is 9.17. The van der Waals surface area contributed by atoms with E-state index in [1.165, 1.54) is 0 Å². The first kappa shape index (κ1) is 13.2. The molecule has 0 saturated carbocycles. The second-order valence-corrected chi connectivity index (χ2v) is 4.01. The van der Waals surface area contributed by atoms with Crippen LogP contribution in [0.2, 0.25) is 0 Å². The number of aliphatic hydroxyl groups is 1. The van der Waals surface area contributed by atoms with Gasteiger partial charge in [0.25, 0.3) is 0 Å². The van der Waals surface area contributed by atoms with Crippen LogP contribution in [0.25, 0.3) is 6.08 Å². The Hall–Kier alpha value is -2.26. The van der Waals surface area contributed by atoms with E-state index in [0.29, 0.717) is 5.75 Å². The van der Waals surface area contributed by atoms with Gasteiger partial charge < -0.3 is 14.6 Å². The smallest absolute Gasteiger partial charge is 0.126 e. The summed E-state index contributed by atoms with van der Waals surface area (Å²) >= 11 is 0. The van der Waals surface area contributed by atoms with Gasteiger partial charge in [0.1, 0.15) is 11.5 Å². The van der Waals surface area contributed by atoms with Gasteiger partial charge >= 0.3 is 0 Å². The lowest BCUT2D eigenvalue weighted by Crippen LogP contribution is -1.89. The topological polar surface area (TPSA) is 38.7 Å². The van der Waals surface area contributed by atoms with Gasteiger partial charge in [0.05, 0.1) is 20.0 Å². The van der Waals surface area contributed by atoms with E-state index in [9.17, 15) is 5.11 Å². The van der Waals surface area contributed by atoms with Crippen molar-refractivity contribution in [2.45, 2.75) is 6.61 Å². The minimum atomic E-state index is -0.0163. The van der Waals surface area contributed by atoms with Crippen LogP contribution in [0, 0.1) is 0 Å². The SMILES string of the molecule is COc1cc(/C=C/Oc2ccccc2)cc(CO)c1.